The summed E-state index contributed by atoms with van der Waals surface area (Å²) in [5.41, 5.74) is 1.95. The van der Waals surface area contributed by atoms with Crippen molar-refractivity contribution in [3.05, 3.63) is 59.7 Å². The number of carboxylic acids is 1. The molecule has 0 saturated carbocycles. The standard InChI is InChI=1S/C20H24O7S/c1-3-25-19(20(21)22)14-16-6-4-15(5-7-16)12-13-26-17-8-10-18(11-9-17)27-28(2,23)24/h4-11,19H,3,12-14H2,1-2H3,(H,21,22)/t19-/m0/s1. The first-order valence-electron chi connectivity index (χ1n) is 8.81. The third kappa shape index (κ3) is 7.58. The van der Waals surface area contributed by atoms with Crippen LogP contribution in [0.3, 0.4) is 0 Å². The first-order chi connectivity index (χ1) is 13.3. The van der Waals surface area contributed by atoms with Crippen LogP contribution in [0.25, 0.3) is 0 Å². The highest BCUT2D eigenvalue weighted by Gasteiger charge is 2.17. The summed E-state index contributed by atoms with van der Waals surface area (Å²) in [6.07, 6.45) is 1.15. The molecule has 8 heteroatoms. The Morgan fingerprint density at radius 1 is 1.00 bits per heavy atom. The van der Waals surface area contributed by atoms with Crippen molar-refractivity contribution in [2.45, 2.75) is 25.9 Å². The van der Waals surface area contributed by atoms with Crippen LogP contribution in [-0.4, -0.2) is 45.1 Å². The molecule has 0 radical (unpaired) electrons. The largest absolute Gasteiger partial charge is 0.493 e. The van der Waals surface area contributed by atoms with Gasteiger partial charge in [-0.25, -0.2) is 4.79 Å². The van der Waals surface area contributed by atoms with Crippen LogP contribution in [-0.2, 0) is 32.5 Å². The van der Waals surface area contributed by atoms with Crippen molar-refractivity contribution in [3.63, 3.8) is 0 Å². The van der Waals surface area contributed by atoms with Gasteiger partial charge in [-0.2, -0.15) is 8.42 Å². The van der Waals surface area contributed by atoms with E-state index in [0.29, 0.717) is 31.8 Å². The Hall–Kier alpha value is -2.58. The third-order valence-corrected chi connectivity index (χ3v) is 4.31. The molecule has 2 aromatic rings. The molecule has 0 aromatic heterocycles. The fraction of sp³-hybridized carbons (Fsp3) is 0.350. The number of benzene rings is 2. The maximum atomic E-state index is 11.1. The van der Waals surface area contributed by atoms with Gasteiger partial charge < -0.3 is 18.8 Å². The van der Waals surface area contributed by atoms with Gasteiger partial charge in [0.25, 0.3) is 0 Å². The van der Waals surface area contributed by atoms with Gasteiger partial charge in [-0.05, 0) is 42.3 Å². The van der Waals surface area contributed by atoms with Crippen molar-refractivity contribution in [1.29, 1.82) is 0 Å². The molecule has 0 spiro atoms. The van der Waals surface area contributed by atoms with E-state index in [4.69, 9.17) is 18.8 Å². The summed E-state index contributed by atoms with van der Waals surface area (Å²) >= 11 is 0. The number of carboxylic acid groups (broad SMARTS) is 1. The van der Waals surface area contributed by atoms with Crippen molar-refractivity contribution in [2.24, 2.45) is 0 Å². The van der Waals surface area contributed by atoms with Gasteiger partial charge in [0, 0.05) is 19.4 Å². The van der Waals surface area contributed by atoms with E-state index >= 15 is 0 Å². The van der Waals surface area contributed by atoms with Gasteiger partial charge in [0.05, 0.1) is 12.9 Å². The van der Waals surface area contributed by atoms with Crippen LogP contribution in [0.1, 0.15) is 18.1 Å². The highest BCUT2D eigenvalue weighted by molar-refractivity contribution is 7.86. The molecule has 0 aliphatic rings. The lowest BCUT2D eigenvalue weighted by Crippen LogP contribution is -2.26. The zero-order valence-corrected chi connectivity index (χ0v) is 16.6. The zero-order valence-electron chi connectivity index (χ0n) is 15.8. The van der Waals surface area contributed by atoms with Gasteiger partial charge in [-0.15, -0.1) is 0 Å². The van der Waals surface area contributed by atoms with Crippen LogP contribution in [0, 0.1) is 0 Å². The third-order valence-electron chi connectivity index (χ3n) is 3.82. The molecule has 7 nitrogen and oxygen atoms in total. The lowest BCUT2D eigenvalue weighted by Gasteiger charge is -2.12. The van der Waals surface area contributed by atoms with Crippen molar-refractivity contribution in [2.75, 3.05) is 19.5 Å². The van der Waals surface area contributed by atoms with Gasteiger partial charge in [0.1, 0.15) is 11.5 Å². The Bertz CT molecular complexity index is 858. The average molecular weight is 408 g/mol. The van der Waals surface area contributed by atoms with Gasteiger partial charge in [0.15, 0.2) is 6.10 Å². The minimum atomic E-state index is -3.54. The molecule has 28 heavy (non-hydrogen) atoms. The summed E-state index contributed by atoms with van der Waals surface area (Å²) < 4.78 is 37.8. The molecule has 0 saturated heterocycles. The van der Waals surface area contributed by atoms with Gasteiger partial charge >= 0.3 is 16.1 Å². The van der Waals surface area contributed by atoms with E-state index < -0.39 is 22.2 Å². The van der Waals surface area contributed by atoms with Crippen molar-refractivity contribution >= 4 is 16.1 Å². The minimum Gasteiger partial charge on any atom is -0.493 e. The second-order valence-electron chi connectivity index (χ2n) is 6.16. The fourth-order valence-electron chi connectivity index (χ4n) is 2.53. The second kappa shape index (κ2) is 10.1. The fourth-order valence-corrected chi connectivity index (χ4v) is 2.99. The molecule has 0 bridgehead atoms. The Labute approximate surface area is 165 Å². The predicted molar refractivity (Wildman–Crippen MR) is 104 cm³/mol. The van der Waals surface area contributed by atoms with Crippen LogP contribution in [0.15, 0.2) is 48.5 Å². The van der Waals surface area contributed by atoms with Gasteiger partial charge in [-0.3, -0.25) is 0 Å². The van der Waals surface area contributed by atoms with Crippen LogP contribution in [0.5, 0.6) is 11.5 Å². The van der Waals surface area contributed by atoms with Gasteiger partial charge in [-0.1, -0.05) is 24.3 Å². The highest BCUT2D eigenvalue weighted by atomic mass is 32.2. The maximum Gasteiger partial charge on any atom is 0.333 e. The number of hydrogen-bond acceptors (Lipinski definition) is 6. The molecule has 0 unspecified atom stereocenters. The summed E-state index contributed by atoms with van der Waals surface area (Å²) in [5.74, 6) is -0.122. The SMILES string of the molecule is CCO[C@@H](Cc1ccc(CCOc2ccc(OS(C)(=O)=O)cc2)cc1)C(=O)O. The Balaban J connectivity index is 1.82. The number of aliphatic carboxylic acids is 1. The molecular formula is C20H24O7S. The van der Waals surface area contributed by atoms with Crippen LogP contribution >= 0.6 is 0 Å². The molecule has 0 amide bonds. The molecule has 0 aliphatic heterocycles. The molecular weight excluding hydrogens is 384 g/mol. The maximum absolute atomic E-state index is 11.1. The number of ether oxygens (including phenoxy) is 2. The first kappa shape index (κ1) is 21.7. The van der Waals surface area contributed by atoms with Crippen LogP contribution in [0.4, 0.5) is 0 Å². The number of hydrogen-bond donors (Lipinski definition) is 1. The van der Waals surface area contributed by atoms with E-state index in [1.165, 1.54) is 12.1 Å². The summed E-state index contributed by atoms with van der Waals surface area (Å²) in [4.78, 5) is 11.1. The van der Waals surface area contributed by atoms with Crippen LogP contribution < -0.4 is 8.92 Å². The van der Waals surface area contributed by atoms with E-state index in [1.807, 2.05) is 24.3 Å². The summed E-state index contributed by atoms with van der Waals surface area (Å²) in [7, 11) is -3.54. The van der Waals surface area contributed by atoms with E-state index in [9.17, 15) is 13.2 Å². The van der Waals surface area contributed by atoms with E-state index in [1.54, 1.807) is 19.1 Å². The molecule has 0 aliphatic carbocycles. The Morgan fingerprint density at radius 3 is 2.11 bits per heavy atom. The molecule has 0 heterocycles. The van der Waals surface area contributed by atoms with E-state index in [-0.39, 0.29) is 5.75 Å². The summed E-state index contributed by atoms with van der Waals surface area (Å²) in [6, 6.07) is 14.0. The zero-order chi connectivity index (χ0) is 20.6. The van der Waals surface area contributed by atoms with Gasteiger partial charge in [0.2, 0.25) is 0 Å². The Morgan fingerprint density at radius 2 is 1.57 bits per heavy atom. The average Bonchev–Trinajstić information content (AvgIpc) is 2.63. The first-order valence-corrected chi connectivity index (χ1v) is 10.6. The smallest absolute Gasteiger partial charge is 0.333 e. The second-order valence-corrected chi connectivity index (χ2v) is 7.74. The minimum absolute atomic E-state index is 0.233. The van der Waals surface area contributed by atoms with Crippen molar-refractivity contribution < 1.29 is 32.0 Å². The molecule has 1 N–H and O–H groups in total. The molecule has 152 valence electrons. The lowest BCUT2D eigenvalue weighted by atomic mass is 10.0. The topological polar surface area (TPSA) is 99.1 Å². The molecule has 0 fully saturated rings. The normalized spacial score (nSPS) is 12.4. The lowest BCUT2D eigenvalue weighted by molar-refractivity contribution is -0.149. The quantitative estimate of drug-likeness (QED) is 0.571. The summed E-state index contributed by atoms with van der Waals surface area (Å²) in [6.45, 7) is 2.57. The Kier molecular flexibility index (Phi) is 7.83. The molecule has 2 rings (SSSR count). The summed E-state index contributed by atoms with van der Waals surface area (Å²) in [5, 5.41) is 9.14. The molecule has 1 atom stereocenters. The monoisotopic (exact) mass is 408 g/mol. The number of carbonyl (C=O) groups is 1. The van der Waals surface area contributed by atoms with E-state index in [0.717, 1.165) is 17.4 Å². The molecule has 2 aromatic carbocycles. The van der Waals surface area contributed by atoms with E-state index in [2.05, 4.69) is 0 Å². The number of rotatable bonds is 11. The highest BCUT2D eigenvalue weighted by Crippen LogP contribution is 2.19. The van der Waals surface area contributed by atoms with Crippen molar-refractivity contribution in [1.82, 2.24) is 0 Å². The van der Waals surface area contributed by atoms with Crippen molar-refractivity contribution in [3.8, 4) is 11.5 Å². The predicted octanol–water partition coefficient (Wildman–Crippen LogP) is 2.68. The van der Waals surface area contributed by atoms with Crippen LogP contribution in [0.2, 0.25) is 0 Å².